The van der Waals surface area contributed by atoms with Crippen LogP contribution in [0.15, 0.2) is 36.4 Å². The lowest BCUT2D eigenvalue weighted by Crippen LogP contribution is -2.48. The minimum Gasteiger partial charge on any atom is -0.493 e. The van der Waals surface area contributed by atoms with Crippen LogP contribution in [0.1, 0.15) is 36.7 Å². The zero-order valence-corrected chi connectivity index (χ0v) is 19.6. The Hall–Kier alpha value is -2.80. The SMILES string of the molecule is COc1ccc2sc(N3CCN(C(=O)c4ccc(C(C)(C)C)cc4)CC3)nc2c1OC. The molecule has 1 aliphatic rings. The molecule has 0 atom stereocenters. The highest BCUT2D eigenvalue weighted by Gasteiger charge is 2.25. The maximum atomic E-state index is 13.0. The summed E-state index contributed by atoms with van der Waals surface area (Å²) in [5.41, 5.74) is 2.88. The fourth-order valence-corrected chi connectivity index (χ4v) is 4.85. The number of benzene rings is 2. The van der Waals surface area contributed by atoms with Crippen molar-refractivity contribution in [3.63, 3.8) is 0 Å². The van der Waals surface area contributed by atoms with Crippen LogP contribution in [0.5, 0.6) is 11.5 Å². The summed E-state index contributed by atoms with van der Waals surface area (Å²) in [6, 6.07) is 11.9. The number of amides is 1. The number of ether oxygens (including phenoxy) is 2. The number of hydrogen-bond donors (Lipinski definition) is 0. The molecule has 3 aromatic rings. The molecule has 31 heavy (non-hydrogen) atoms. The van der Waals surface area contributed by atoms with Crippen molar-refractivity contribution in [3.05, 3.63) is 47.5 Å². The first kappa shape index (κ1) is 21.4. The highest BCUT2D eigenvalue weighted by molar-refractivity contribution is 7.22. The van der Waals surface area contributed by atoms with Crippen molar-refractivity contribution >= 4 is 32.6 Å². The van der Waals surface area contributed by atoms with Crippen LogP contribution < -0.4 is 14.4 Å². The third kappa shape index (κ3) is 4.19. The van der Waals surface area contributed by atoms with Crippen LogP contribution >= 0.6 is 11.3 Å². The van der Waals surface area contributed by atoms with Crippen molar-refractivity contribution in [1.82, 2.24) is 9.88 Å². The van der Waals surface area contributed by atoms with Crippen LogP contribution in [0, 0.1) is 0 Å². The monoisotopic (exact) mass is 439 g/mol. The second kappa shape index (κ2) is 8.38. The van der Waals surface area contributed by atoms with Crippen molar-refractivity contribution < 1.29 is 14.3 Å². The summed E-state index contributed by atoms with van der Waals surface area (Å²) in [5, 5.41) is 0.947. The number of aromatic nitrogens is 1. The topological polar surface area (TPSA) is 54.9 Å². The van der Waals surface area contributed by atoms with E-state index in [4.69, 9.17) is 14.5 Å². The van der Waals surface area contributed by atoms with Gasteiger partial charge >= 0.3 is 0 Å². The molecule has 4 rings (SSSR count). The average molecular weight is 440 g/mol. The molecule has 1 aromatic heterocycles. The van der Waals surface area contributed by atoms with Gasteiger partial charge in [0.15, 0.2) is 16.6 Å². The van der Waals surface area contributed by atoms with E-state index >= 15 is 0 Å². The number of fused-ring (bicyclic) bond motifs is 1. The molecule has 0 bridgehead atoms. The Morgan fingerprint density at radius 2 is 1.65 bits per heavy atom. The molecule has 1 amide bonds. The molecule has 164 valence electrons. The van der Waals surface area contributed by atoms with E-state index in [1.165, 1.54) is 5.56 Å². The normalized spacial score (nSPS) is 14.7. The number of anilines is 1. The standard InChI is InChI=1S/C24H29N3O3S/c1-24(2,3)17-8-6-16(7-9-17)22(28)26-12-14-27(15-13-26)23-25-20-19(31-23)11-10-18(29-4)21(20)30-5/h6-11H,12-15H2,1-5H3. The molecule has 2 heterocycles. The van der Waals surface area contributed by atoms with Gasteiger partial charge in [0.05, 0.1) is 18.9 Å². The molecule has 0 radical (unpaired) electrons. The first-order valence-electron chi connectivity index (χ1n) is 10.5. The summed E-state index contributed by atoms with van der Waals surface area (Å²) in [6.45, 7) is 9.40. The smallest absolute Gasteiger partial charge is 0.253 e. The van der Waals surface area contributed by atoms with Crippen molar-refractivity contribution in [1.29, 1.82) is 0 Å². The van der Waals surface area contributed by atoms with Gasteiger partial charge in [0.2, 0.25) is 0 Å². The van der Waals surface area contributed by atoms with Gasteiger partial charge < -0.3 is 19.3 Å². The highest BCUT2D eigenvalue weighted by Crippen LogP contribution is 2.40. The van der Waals surface area contributed by atoms with E-state index in [0.29, 0.717) is 24.6 Å². The minimum atomic E-state index is 0.0805. The fraction of sp³-hybridized carbons (Fsp3) is 0.417. The summed E-state index contributed by atoms with van der Waals surface area (Å²) < 4.78 is 12.0. The number of rotatable bonds is 4. The quantitative estimate of drug-likeness (QED) is 0.596. The van der Waals surface area contributed by atoms with Crippen LogP contribution in [-0.4, -0.2) is 56.2 Å². The van der Waals surface area contributed by atoms with Crippen LogP contribution in [-0.2, 0) is 5.41 Å². The van der Waals surface area contributed by atoms with E-state index in [0.717, 1.165) is 34.0 Å². The highest BCUT2D eigenvalue weighted by atomic mass is 32.1. The molecule has 1 fully saturated rings. The van der Waals surface area contributed by atoms with Gasteiger partial charge in [0.1, 0.15) is 5.52 Å². The molecule has 1 saturated heterocycles. The summed E-state index contributed by atoms with van der Waals surface area (Å²) >= 11 is 1.64. The van der Waals surface area contributed by atoms with Gasteiger partial charge in [-0.1, -0.05) is 44.2 Å². The first-order valence-corrected chi connectivity index (χ1v) is 11.3. The predicted octanol–water partition coefficient (Wildman–Crippen LogP) is 4.57. The van der Waals surface area contributed by atoms with E-state index in [1.54, 1.807) is 25.6 Å². The Kier molecular flexibility index (Phi) is 5.79. The van der Waals surface area contributed by atoms with E-state index in [2.05, 4.69) is 37.8 Å². The molecule has 6 nitrogen and oxygen atoms in total. The maximum absolute atomic E-state index is 13.0. The molecule has 1 aliphatic heterocycles. The van der Waals surface area contributed by atoms with Crippen LogP contribution in [0.3, 0.4) is 0 Å². The maximum Gasteiger partial charge on any atom is 0.253 e. The van der Waals surface area contributed by atoms with Gasteiger partial charge in [-0.05, 0) is 35.2 Å². The summed E-state index contributed by atoms with van der Waals surface area (Å²) in [4.78, 5) is 21.9. The summed E-state index contributed by atoms with van der Waals surface area (Å²) in [6.07, 6.45) is 0. The van der Waals surface area contributed by atoms with Crippen LogP contribution in [0.4, 0.5) is 5.13 Å². The molecule has 0 unspecified atom stereocenters. The number of carbonyl (C=O) groups excluding carboxylic acids is 1. The molecule has 7 heteroatoms. The van der Waals surface area contributed by atoms with Gasteiger partial charge in [-0.15, -0.1) is 0 Å². The van der Waals surface area contributed by atoms with Gasteiger partial charge in [0, 0.05) is 31.7 Å². The van der Waals surface area contributed by atoms with Crippen molar-refractivity contribution in [2.24, 2.45) is 0 Å². The Morgan fingerprint density at radius 1 is 0.968 bits per heavy atom. The van der Waals surface area contributed by atoms with Gasteiger partial charge in [-0.25, -0.2) is 4.98 Å². The molecular formula is C24H29N3O3S. The third-order valence-electron chi connectivity index (χ3n) is 5.73. The van der Waals surface area contributed by atoms with Crippen molar-refractivity contribution in [2.75, 3.05) is 45.3 Å². The third-order valence-corrected chi connectivity index (χ3v) is 6.81. The Labute approximate surface area is 187 Å². The van der Waals surface area contributed by atoms with E-state index < -0.39 is 0 Å². The number of methoxy groups -OCH3 is 2. The molecular weight excluding hydrogens is 410 g/mol. The van der Waals surface area contributed by atoms with Crippen molar-refractivity contribution in [2.45, 2.75) is 26.2 Å². The molecule has 0 spiro atoms. The van der Waals surface area contributed by atoms with E-state index in [9.17, 15) is 4.79 Å². The first-order chi connectivity index (χ1) is 14.8. The zero-order valence-electron chi connectivity index (χ0n) is 18.8. The van der Waals surface area contributed by atoms with Gasteiger partial charge in [0.25, 0.3) is 5.91 Å². The number of piperazine rings is 1. The Morgan fingerprint density at radius 3 is 2.23 bits per heavy atom. The lowest BCUT2D eigenvalue weighted by Gasteiger charge is -2.34. The lowest BCUT2D eigenvalue weighted by molar-refractivity contribution is 0.0746. The van der Waals surface area contributed by atoms with Gasteiger partial charge in [-0.2, -0.15) is 0 Å². The fourth-order valence-electron chi connectivity index (χ4n) is 3.83. The predicted molar refractivity (Wildman–Crippen MR) is 126 cm³/mol. The zero-order chi connectivity index (χ0) is 22.2. The van der Waals surface area contributed by atoms with E-state index in [1.807, 2.05) is 29.2 Å². The summed E-state index contributed by atoms with van der Waals surface area (Å²) in [5.74, 6) is 1.44. The van der Waals surface area contributed by atoms with Crippen molar-refractivity contribution in [3.8, 4) is 11.5 Å². The Bertz CT molecular complexity index is 1080. The number of thiazole rings is 1. The second-order valence-electron chi connectivity index (χ2n) is 8.75. The summed E-state index contributed by atoms with van der Waals surface area (Å²) in [7, 11) is 3.26. The molecule has 2 aromatic carbocycles. The molecule has 0 aliphatic carbocycles. The minimum absolute atomic E-state index is 0.0805. The van der Waals surface area contributed by atoms with E-state index in [-0.39, 0.29) is 11.3 Å². The van der Waals surface area contributed by atoms with Gasteiger partial charge in [-0.3, -0.25) is 4.79 Å². The second-order valence-corrected chi connectivity index (χ2v) is 9.76. The number of carbonyl (C=O) groups is 1. The largest absolute Gasteiger partial charge is 0.493 e. The van der Waals surface area contributed by atoms with Crippen LogP contribution in [0.25, 0.3) is 10.2 Å². The number of nitrogens with zero attached hydrogens (tertiary/aromatic N) is 3. The molecule has 0 N–H and O–H groups in total. The number of hydrogen-bond acceptors (Lipinski definition) is 6. The van der Waals surface area contributed by atoms with Crippen LogP contribution in [0.2, 0.25) is 0 Å². The Balaban J connectivity index is 1.45. The molecule has 0 saturated carbocycles. The average Bonchev–Trinajstić information content (AvgIpc) is 3.22. The lowest BCUT2D eigenvalue weighted by atomic mass is 9.86.